The summed E-state index contributed by atoms with van der Waals surface area (Å²) in [4.78, 5) is 73.0. The molecule has 1 aliphatic heterocycles. The Balaban J connectivity index is 1.44. The lowest BCUT2D eigenvalue weighted by molar-refractivity contribution is -0.181. The van der Waals surface area contributed by atoms with E-state index >= 15 is 0 Å². The zero-order chi connectivity index (χ0) is 31.8. The molecule has 3 aliphatic carbocycles. The van der Waals surface area contributed by atoms with Crippen LogP contribution in [0.25, 0.3) is 11.3 Å². The van der Waals surface area contributed by atoms with E-state index in [1.165, 1.54) is 4.90 Å². The molecule has 0 spiro atoms. The van der Waals surface area contributed by atoms with Gasteiger partial charge >= 0.3 is 0 Å². The van der Waals surface area contributed by atoms with E-state index in [9.17, 15) is 34.2 Å². The third-order valence-corrected chi connectivity index (χ3v) is 10.0. The molecule has 12 heteroatoms. The van der Waals surface area contributed by atoms with Gasteiger partial charge in [-0.1, -0.05) is 0 Å². The average Bonchev–Trinajstić information content (AvgIpc) is 3.63. The van der Waals surface area contributed by atoms with Gasteiger partial charge in [0, 0.05) is 25.7 Å². The summed E-state index contributed by atoms with van der Waals surface area (Å²) < 4.78 is 6.12. The SMILES string of the molecule is CN(C)c1cc(-c2ccc(CN3CCCC3)o2)c(O)c2c1C[C@H]1C[C@H]3C(N(C)C)C(=O)C(C(N)=O)C(=O)[C@@]3(O)C(=O)C1C2=O. The Kier molecular flexibility index (Phi) is 7.29. The molecule has 3 fully saturated rings. The van der Waals surface area contributed by atoms with Crippen LogP contribution in [-0.4, -0.2) is 102 Å². The predicted molar refractivity (Wildman–Crippen MR) is 158 cm³/mol. The minimum atomic E-state index is -2.76. The summed E-state index contributed by atoms with van der Waals surface area (Å²) in [5.41, 5.74) is 4.05. The minimum absolute atomic E-state index is 0.00266. The number of ketones is 4. The molecule has 1 aromatic carbocycles. The van der Waals surface area contributed by atoms with E-state index in [1.54, 1.807) is 26.2 Å². The fourth-order valence-corrected chi connectivity index (χ4v) is 8.01. The van der Waals surface area contributed by atoms with Gasteiger partial charge in [-0.3, -0.25) is 33.8 Å². The van der Waals surface area contributed by atoms with Gasteiger partial charge in [0.25, 0.3) is 0 Å². The lowest BCUT2D eigenvalue weighted by Crippen LogP contribution is -2.74. The third-order valence-electron chi connectivity index (χ3n) is 10.0. The van der Waals surface area contributed by atoms with Crippen molar-refractivity contribution in [3.05, 3.63) is 35.1 Å². The van der Waals surface area contributed by atoms with Crippen molar-refractivity contribution in [3.63, 3.8) is 0 Å². The summed E-state index contributed by atoms with van der Waals surface area (Å²) >= 11 is 0. The second-order valence-electron chi connectivity index (χ2n) is 13.1. The first-order valence-corrected chi connectivity index (χ1v) is 15.0. The van der Waals surface area contributed by atoms with Gasteiger partial charge in [-0.25, -0.2) is 0 Å². The molecule has 1 aromatic heterocycles. The molecule has 2 saturated carbocycles. The van der Waals surface area contributed by atoms with Crippen LogP contribution in [0.3, 0.4) is 0 Å². The number of carbonyl (C=O) groups excluding carboxylic acids is 5. The van der Waals surface area contributed by atoms with Gasteiger partial charge in [0.2, 0.25) is 5.91 Å². The van der Waals surface area contributed by atoms with Crippen molar-refractivity contribution in [1.29, 1.82) is 0 Å². The highest BCUT2D eigenvalue weighted by atomic mass is 16.3. The molecule has 4 aliphatic rings. The first-order valence-electron chi connectivity index (χ1n) is 15.0. The maximum atomic E-state index is 14.3. The Morgan fingerprint density at radius 3 is 2.39 bits per heavy atom. The van der Waals surface area contributed by atoms with Gasteiger partial charge < -0.3 is 25.3 Å². The van der Waals surface area contributed by atoms with Crippen LogP contribution in [0.15, 0.2) is 22.6 Å². The van der Waals surface area contributed by atoms with Crippen molar-refractivity contribution in [2.24, 2.45) is 29.4 Å². The number of hydrogen-bond donors (Lipinski definition) is 3. The first-order chi connectivity index (χ1) is 20.8. The number of anilines is 1. The van der Waals surface area contributed by atoms with Crippen LogP contribution >= 0.6 is 0 Å². The maximum absolute atomic E-state index is 14.3. The lowest BCUT2D eigenvalue weighted by Gasteiger charge is -2.52. The summed E-state index contributed by atoms with van der Waals surface area (Å²) in [6.45, 7) is 2.59. The van der Waals surface area contributed by atoms with Gasteiger partial charge in [-0.15, -0.1) is 0 Å². The number of carbonyl (C=O) groups is 5. The Bertz CT molecular complexity index is 1590. The number of hydrogen-bond acceptors (Lipinski definition) is 11. The molecular weight excluding hydrogens is 568 g/mol. The molecule has 6 rings (SSSR count). The molecule has 0 bridgehead atoms. The van der Waals surface area contributed by atoms with Crippen LogP contribution in [0.1, 0.15) is 40.9 Å². The summed E-state index contributed by atoms with van der Waals surface area (Å²) in [6, 6.07) is 4.20. The molecule has 12 nitrogen and oxygen atoms in total. The van der Waals surface area contributed by atoms with E-state index in [4.69, 9.17) is 10.2 Å². The van der Waals surface area contributed by atoms with Crippen molar-refractivity contribution in [2.45, 2.75) is 43.9 Å². The van der Waals surface area contributed by atoms with Crippen LogP contribution in [0.4, 0.5) is 5.69 Å². The monoisotopic (exact) mass is 606 g/mol. The van der Waals surface area contributed by atoms with Gasteiger partial charge in [-0.05, 0) is 82.5 Å². The number of furan rings is 1. The molecule has 44 heavy (non-hydrogen) atoms. The van der Waals surface area contributed by atoms with E-state index in [-0.39, 0.29) is 29.7 Å². The quantitative estimate of drug-likeness (QED) is 0.397. The number of likely N-dealkylation sites (N-methyl/N-ethyl adjacent to an activating group) is 1. The number of likely N-dealkylation sites (tertiary alicyclic amines) is 1. The predicted octanol–water partition coefficient (Wildman–Crippen LogP) is 0.789. The fourth-order valence-electron chi connectivity index (χ4n) is 8.01. The molecule has 1 saturated heterocycles. The van der Waals surface area contributed by atoms with E-state index in [0.717, 1.165) is 31.7 Å². The smallest absolute Gasteiger partial charge is 0.235 e. The topological polar surface area (TPSA) is 175 Å². The largest absolute Gasteiger partial charge is 0.506 e. The number of phenols is 1. The summed E-state index contributed by atoms with van der Waals surface area (Å²) in [7, 11) is 6.74. The highest BCUT2D eigenvalue weighted by Gasteiger charge is 2.69. The normalized spacial score (nSPS) is 30.4. The zero-order valence-corrected chi connectivity index (χ0v) is 25.3. The second kappa shape index (κ2) is 10.6. The molecule has 2 heterocycles. The van der Waals surface area contributed by atoms with Crippen molar-refractivity contribution >= 4 is 34.7 Å². The van der Waals surface area contributed by atoms with Gasteiger partial charge in [0.1, 0.15) is 17.3 Å². The fraction of sp³-hybridized carbons (Fsp3) is 0.531. The first kappa shape index (κ1) is 30.2. The number of nitrogens with zero attached hydrogens (tertiary/aromatic N) is 3. The van der Waals surface area contributed by atoms with E-state index in [1.807, 2.05) is 25.1 Å². The minimum Gasteiger partial charge on any atom is -0.506 e. The molecule has 4 N–H and O–H groups in total. The van der Waals surface area contributed by atoms with E-state index in [2.05, 4.69) is 4.90 Å². The number of primary amides is 1. The number of nitrogens with two attached hydrogens (primary N) is 1. The molecule has 3 unspecified atom stereocenters. The highest BCUT2D eigenvalue weighted by molar-refractivity contribution is 6.32. The number of benzene rings is 1. The van der Waals surface area contributed by atoms with Gasteiger partial charge in [0.15, 0.2) is 34.7 Å². The van der Waals surface area contributed by atoms with Crippen LogP contribution in [0.5, 0.6) is 5.75 Å². The maximum Gasteiger partial charge on any atom is 0.235 e. The molecule has 234 valence electrons. The standard InChI is InChI=1S/C32H38N4O8/c1-34(2)20-13-18(21-8-7-16(44-21)14-36-9-5-6-10-36)26(37)23-17(20)11-15-12-19-25(35(3)4)28(39)24(31(33)42)30(41)32(19,43)29(40)22(15)27(23)38/h7-8,13,15,19,22,24-25,37,43H,5-6,9-12,14H2,1-4H3,(H2,33,42)/t15-,19-,22?,24?,25?,32-/m0/s1. The molecule has 0 radical (unpaired) electrons. The van der Waals surface area contributed by atoms with E-state index < -0.39 is 64.4 Å². The van der Waals surface area contributed by atoms with Crippen molar-refractivity contribution in [2.75, 3.05) is 46.2 Å². The second-order valence-corrected chi connectivity index (χ2v) is 13.1. The number of fused-ring (bicyclic) bond motifs is 3. The Morgan fingerprint density at radius 1 is 1.09 bits per heavy atom. The van der Waals surface area contributed by atoms with E-state index in [0.29, 0.717) is 23.6 Å². The van der Waals surface area contributed by atoms with Gasteiger partial charge in [0.05, 0.1) is 29.6 Å². The molecule has 2 aromatic rings. The average molecular weight is 607 g/mol. The van der Waals surface area contributed by atoms with Crippen LogP contribution in [0, 0.1) is 23.7 Å². The number of rotatable bonds is 6. The van der Waals surface area contributed by atoms with Crippen LogP contribution < -0.4 is 10.6 Å². The number of aromatic hydroxyl groups is 1. The third kappa shape index (κ3) is 4.33. The molecule has 1 amide bonds. The van der Waals surface area contributed by atoms with Crippen molar-refractivity contribution in [1.82, 2.24) is 9.80 Å². The molecular formula is C32H38N4O8. The Hall–Kier alpha value is -3.87. The van der Waals surface area contributed by atoms with Crippen LogP contribution in [-0.2, 0) is 32.1 Å². The molecule has 6 atom stereocenters. The summed E-state index contributed by atoms with van der Waals surface area (Å²) in [5.74, 6) is -9.65. The number of aliphatic hydroxyl groups is 1. The number of Topliss-reactive ketones (excluding diaryl/α,β-unsaturated/α-hetero) is 4. The Labute approximate surface area is 254 Å². The number of phenolic OH excluding ortho intramolecular Hbond substituents is 1. The highest BCUT2D eigenvalue weighted by Crippen LogP contribution is 2.53. The van der Waals surface area contributed by atoms with Crippen molar-refractivity contribution in [3.8, 4) is 17.1 Å². The Morgan fingerprint density at radius 2 is 1.77 bits per heavy atom. The summed E-state index contributed by atoms with van der Waals surface area (Å²) in [5, 5.41) is 23.4. The van der Waals surface area contributed by atoms with Crippen LogP contribution in [0.2, 0.25) is 0 Å². The number of amides is 1. The van der Waals surface area contributed by atoms with Gasteiger partial charge in [-0.2, -0.15) is 0 Å². The van der Waals surface area contributed by atoms with Crippen molar-refractivity contribution < 1.29 is 38.6 Å². The zero-order valence-electron chi connectivity index (χ0n) is 25.3. The summed E-state index contributed by atoms with van der Waals surface area (Å²) in [6.07, 6.45) is 2.44. The lowest BCUT2D eigenvalue weighted by atomic mass is 9.52.